The predicted molar refractivity (Wildman–Crippen MR) is 73.5 cm³/mol. The van der Waals surface area contributed by atoms with Crippen molar-refractivity contribution in [2.75, 3.05) is 5.73 Å². The molecule has 0 bridgehead atoms. The SMILES string of the molecule is CCC(C)C(C)NC(=O)c1n[nH]c(C(C)C)c1N. The number of hydrogen-bond acceptors (Lipinski definition) is 3. The molecule has 0 radical (unpaired) electrons. The van der Waals surface area contributed by atoms with Crippen molar-refractivity contribution in [1.29, 1.82) is 0 Å². The van der Waals surface area contributed by atoms with E-state index in [2.05, 4.69) is 29.4 Å². The van der Waals surface area contributed by atoms with Gasteiger partial charge in [0, 0.05) is 6.04 Å². The van der Waals surface area contributed by atoms with Gasteiger partial charge in [0.1, 0.15) is 0 Å². The zero-order chi connectivity index (χ0) is 13.9. The van der Waals surface area contributed by atoms with Gasteiger partial charge < -0.3 is 11.1 Å². The molecule has 5 nitrogen and oxygen atoms in total. The Morgan fingerprint density at radius 3 is 2.44 bits per heavy atom. The molecule has 2 atom stereocenters. The highest BCUT2D eigenvalue weighted by Crippen LogP contribution is 2.22. The molecule has 0 aliphatic rings. The number of nitrogens with one attached hydrogen (secondary N) is 2. The van der Waals surface area contributed by atoms with E-state index in [9.17, 15) is 4.79 Å². The van der Waals surface area contributed by atoms with E-state index in [1.165, 1.54) is 0 Å². The molecule has 2 unspecified atom stereocenters. The molecular weight excluding hydrogens is 228 g/mol. The van der Waals surface area contributed by atoms with Crippen molar-refractivity contribution in [1.82, 2.24) is 15.5 Å². The van der Waals surface area contributed by atoms with E-state index >= 15 is 0 Å². The Hall–Kier alpha value is -1.52. The molecule has 0 aliphatic carbocycles. The van der Waals surface area contributed by atoms with Gasteiger partial charge in [-0.25, -0.2) is 0 Å². The van der Waals surface area contributed by atoms with Crippen LogP contribution in [0.1, 0.15) is 63.1 Å². The second-order valence-corrected chi connectivity index (χ2v) is 5.20. The van der Waals surface area contributed by atoms with Crippen molar-refractivity contribution in [3.63, 3.8) is 0 Å². The molecule has 1 aromatic heterocycles. The van der Waals surface area contributed by atoms with Gasteiger partial charge in [-0.15, -0.1) is 0 Å². The number of anilines is 1. The first-order chi connectivity index (χ1) is 8.38. The fraction of sp³-hybridized carbons (Fsp3) is 0.692. The lowest BCUT2D eigenvalue weighted by Gasteiger charge is -2.19. The van der Waals surface area contributed by atoms with E-state index in [0.29, 0.717) is 17.3 Å². The summed E-state index contributed by atoms with van der Waals surface area (Å²) in [4.78, 5) is 12.1. The minimum absolute atomic E-state index is 0.112. The van der Waals surface area contributed by atoms with Crippen LogP contribution in [-0.2, 0) is 0 Å². The summed E-state index contributed by atoms with van der Waals surface area (Å²) in [5.74, 6) is 0.452. The molecule has 102 valence electrons. The van der Waals surface area contributed by atoms with Crippen LogP contribution in [0.5, 0.6) is 0 Å². The van der Waals surface area contributed by atoms with E-state index in [1.54, 1.807) is 0 Å². The second-order valence-electron chi connectivity index (χ2n) is 5.20. The second kappa shape index (κ2) is 5.89. The molecule has 18 heavy (non-hydrogen) atoms. The lowest BCUT2D eigenvalue weighted by Crippen LogP contribution is -2.37. The van der Waals surface area contributed by atoms with E-state index in [-0.39, 0.29) is 17.9 Å². The van der Waals surface area contributed by atoms with Crippen LogP contribution in [0.4, 0.5) is 5.69 Å². The molecular formula is C13H24N4O. The molecule has 4 N–H and O–H groups in total. The fourth-order valence-corrected chi connectivity index (χ4v) is 1.75. The Balaban J connectivity index is 2.79. The zero-order valence-electron chi connectivity index (χ0n) is 11.9. The average molecular weight is 252 g/mol. The quantitative estimate of drug-likeness (QED) is 0.751. The number of carbonyl (C=O) groups excluding carboxylic acids is 1. The topological polar surface area (TPSA) is 83.8 Å². The molecule has 1 rings (SSSR count). The number of rotatable bonds is 5. The highest BCUT2D eigenvalue weighted by molar-refractivity contribution is 5.97. The molecule has 0 aromatic carbocycles. The van der Waals surface area contributed by atoms with Gasteiger partial charge in [0.25, 0.3) is 5.91 Å². The molecule has 1 heterocycles. The molecule has 5 heteroatoms. The predicted octanol–water partition coefficient (Wildman–Crippen LogP) is 2.28. The summed E-state index contributed by atoms with van der Waals surface area (Å²) in [5.41, 5.74) is 7.51. The maximum Gasteiger partial charge on any atom is 0.274 e. The number of aromatic nitrogens is 2. The largest absolute Gasteiger partial charge is 0.395 e. The van der Waals surface area contributed by atoms with Gasteiger partial charge in [0.15, 0.2) is 5.69 Å². The number of H-pyrrole nitrogens is 1. The van der Waals surface area contributed by atoms with Gasteiger partial charge in [-0.2, -0.15) is 5.10 Å². The van der Waals surface area contributed by atoms with Crippen molar-refractivity contribution < 1.29 is 4.79 Å². The standard InChI is InChI=1S/C13H24N4O/c1-6-8(4)9(5)15-13(18)12-10(14)11(7(2)3)16-17-12/h7-9H,6,14H2,1-5H3,(H,15,18)(H,16,17). The first kappa shape index (κ1) is 14.5. The maximum atomic E-state index is 12.1. The molecule has 0 aliphatic heterocycles. The summed E-state index contributed by atoms with van der Waals surface area (Å²) in [5, 5.41) is 9.79. The van der Waals surface area contributed by atoms with Crippen molar-refractivity contribution in [3.05, 3.63) is 11.4 Å². The minimum atomic E-state index is -0.205. The maximum absolute atomic E-state index is 12.1. The van der Waals surface area contributed by atoms with Crippen LogP contribution in [0.3, 0.4) is 0 Å². The van der Waals surface area contributed by atoms with Crippen molar-refractivity contribution in [3.8, 4) is 0 Å². The third-order valence-electron chi connectivity index (χ3n) is 3.48. The Bertz CT molecular complexity index is 411. The average Bonchev–Trinajstić information content (AvgIpc) is 2.69. The lowest BCUT2D eigenvalue weighted by atomic mass is 10.0. The van der Waals surface area contributed by atoms with Crippen LogP contribution in [-0.4, -0.2) is 22.1 Å². The van der Waals surface area contributed by atoms with Crippen LogP contribution in [0.2, 0.25) is 0 Å². The first-order valence-corrected chi connectivity index (χ1v) is 6.53. The number of nitrogens with zero attached hydrogens (tertiary/aromatic N) is 1. The van der Waals surface area contributed by atoms with Crippen LogP contribution in [0.15, 0.2) is 0 Å². The molecule has 0 spiro atoms. The Kier molecular flexibility index (Phi) is 4.76. The van der Waals surface area contributed by atoms with Crippen LogP contribution in [0, 0.1) is 5.92 Å². The summed E-state index contributed by atoms with van der Waals surface area (Å²) in [6.45, 7) is 10.2. The summed E-state index contributed by atoms with van der Waals surface area (Å²) >= 11 is 0. The van der Waals surface area contributed by atoms with Gasteiger partial charge in [-0.1, -0.05) is 34.1 Å². The number of nitrogens with two attached hydrogens (primary N) is 1. The molecule has 1 amide bonds. The monoisotopic (exact) mass is 252 g/mol. The van der Waals surface area contributed by atoms with Crippen LogP contribution < -0.4 is 11.1 Å². The highest BCUT2D eigenvalue weighted by atomic mass is 16.2. The number of nitrogen functional groups attached to an aromatic ring is 1. The molecule has 0 fully saturated rings. The van der Waals surface area contributed by atoms with E-state index in [4.69, 9.17) is 5.73 Å². The summed E-state index contributed by atoms with van der Waals surface area (Å²) < 4.78 is 0. The van der Waals surface area contributed by atoms with Crippen molar-refractivity contribution in [2.45, 2.75) is 53.0 Å². The van der Waals surface area contributed by atoms with E-state index in [0.717, 1.165) is 12.1 Å². The normalized spacial score (nSPS) is 14.6. The molecule has 1 aromatic rings. The minimum Gasteiger partial charge on any atom is -0.395 e. The third-order valence-corrected chi connectivity index (χ3v) is 3.48. The highest BCUT2D eigenvalue weighted by Gasteiger charge is 2.21. The first-order valence-electron chi connectivity index (χ1n) is 6.53. The van der Waals surface area contributed by atoms with E-state index < -0.39 is 0 Å². The Morgan fingerprint density at radius 2 is 2.00 bits per heavy atom. The summed E-state index contributed by atoms with van der Waals surface area (Å²) in [6.07, 6.45) is 1.02. The molecule has 0 saturated carbocycles. The number of aromatic amines is 1. The number of amides is 1. The Labute approximate surface area is 109 Å². The van der Waals surface area contributed by atoms with Gasteiger partial charge in [-0.3, -0.25) is 9.89 Å². The van der Waals surface area contributed by atoms with Crippen molar-refractivity contribution >= 4 is 11.6 Å². The van der Waals surface area contributed by atoms with Crippen LogP contribution >= 0.6 is 0 Å². The fourth-order valence-electron chi connectivity index (χ4n) is 1.75. The summed E-state index contributed by atoms with van der Waals surface area (Å²) in [6, 6.07) is 0.112. The van der Waals surface area contributed by atoms with Gasteiger partial charge in [-0.05, 0) is 18.8 Å². The van der Waals surface area contributed by atoms with Gasteiger partial charge in [0.05, 0.1) is 11.4 Å². The van der Waals surface area contributed by atoms with Crippen molar-refractivity contribution in [2.24, 2.45) is 5.92 Å². The number of hydrogen-bond donors (Lipinski definition) is 3. The zero-order valence-corrected chi connectivity index (χ0v) is 11.9. The molecule has 0 saturated heterocycles. The van der Waals surface area contributed by atoms with Gasteiger partial charge >= 0.3 is 0 Å². The summed E-state index contributed by atoms with van der Waals surface area (Å²) in [7, 11) is 0. The van der Waals surface area contributed by atoms with Gasteiger partial charge in [0.2, 0.25) is 0 Å². The Morgan fingerprint density at radius 1 is 1.39 bits per heavy atom. The third kappa shape index (κ3) is 3.03. The smallest absolute Gasteiger partial charge is 0.274 e. The van der Waals surface area contributed by atoms with E-state index in [1.807, 2.05) is 20.8 Å². The number of carbonyl (C=O) groups is 1. The lowest BCUT2D eigenvalue weighted by molar-refractivity contribution is 0.0924. The van der Waals surface area contributed by atoms with Crippen LogP contribution in [0.25, 0.3) is 0 Å².